The van der Waals surface area contributed by atoms with Crippen LogP contribution in [0.4, 0.5) is 5.13 Å². The lowest BCUT2D eigenvalue weighted by Crippen LogP contribution is -2.25. The molecule has 132 valence electrons. The number of para-hydroxylation sites is 2. The fourth-order valence-electron chi connectivity index (χ4n) is 2.58. The number of nitrogens with zero attached hydrogens (tertiary/aromatic N) is 5. The molecule has 3 aromatic rings. The molecule has 0 radical (unpaired) electrons. The first-order chi connectivity index (χ1) is 12.1. The highest BCUT2D eigenvalue weighted by molar-refractivity contribution is 7.15. The van der Waals surface area contributed by atoms with Crippen molar-refractivity contribution in [1.29, 1.82) is 0 Å². The minimum atomic E-state index is -0.0457. The van der Waals surface area contributed by atoms with Crippen LogP contribution in [0.3, 0.4) is 0 Å². The Morgan fingerprint density at radius 3 is 2.84 bits per heavy atom. The van der Waals surface area contributed by atoms with Gasteiger partial charge in [0.25, 0.3) is 0 Å². The lowest BCUT2D eigenvalue weighted by molar-refractivity contribution is -0.116. The highest BCUT2D eigenvalue weighted by Gasteiger charge is 2.12. The van der Waals surface area contributed by atoms with Crippen molar-refractivity contribution in [3.8, 4) is 0 Å². The summed E-state index contributed by atoms with van der Waals surface area (Å²) in [5.74, 6) is 0.941. The number of hydrogen-bond donors (Lipinski definition) is 1. The summed E-state index contributed by atoms with van der Waals surface area (Å²) in [6.45, 7) is 3.36. The first-order valence-corrected chi connectivity index (χ1v) is 9.09. The normalized spacial score (nSPS) is 11.4. The quantitative estimate of drug-likeness (QED) is 0.702. The van der Waals surface area contributed by atoms with Gasteiger partial charge in [0.1, 0.15) is 10.8 Å². The van der Waals surface area contributed by atoms with Crippen molar-refractivity contribution in [1.82, 2.24) is 24.6 Å². The standard InChI is InChI=1S/C17H22N6OS/c1-4-16-20-21-17(25-16)19-15(24)9-10-22(2)11-14-18-12-7-5-6-8-13(12)23(14)3/h5-8H,4,9-11H2,1-3H3,(H,19,21,24). The number of anilines is 1. The van der Waals surface area contributed by atoms with E-state index in [1.807, 2.05) is 39.2 Å². The molecule has 0 aliphatic rings. The number of rotatable bonds is 7. The zero-order valence-corrected chi connectivity index (χ0v) is 15.5. The van der Waals surface area contributed by atoms with E-state index in [2.05, 4.69) is 36.0 Å². The maximum absolute atomic E-state index is 12.1. The minimum Gasteiger partial charge on any atom is -0.330 e. The van der Waals surface area contributed by atoms with Crippen molar-refractivity contribution in [3.05, 3.63) is 35.1 Å². The third-order valence-electron chi connectivity index (χ3n) is 4.03. The van der Waals surface area contributed by atoms with Gasteiger partial charge < -0.3 is 9.88 Å². The van der Waals surface area contributed by atoms with E-state index in [0.29, 0.717) is 24.6 Å². The predicted molar refractivity (Wildman–Crippen MR) is 99.6 cm³/mol. The van der Waals surface area contributed by atoms with Crippen molar-refractivity contribution < 1.29 is 4.79 Å². The molecule has 1 N–H and O–H groups in total. The first-order valence-electron chi connectivity index (χ1n) is 8.28. The number of carbonyl (C=O) groups is 1. The largest absolute Gasteiger partial charge is 0.330 e. The Morgan fingerprint density at radius 1 is 1.32 bits per heavy atom. The fourth-order valence-corrected chi connectivity index (χ4v) is 3.27. The number of carbonyl (C=O) groups excluding carboxylic acids is 1. The monoisotopic (exact) mass is 358 g/mol. The zero-order valence-electron chi connectivity index (χ0n) is 14.7. The van der Waals surface area contributed by atoms with Crippen LogP contribution < -0.4 is 5.32 Å². The van der Waals surface area contributed by atoms with Gasteiger partial charge >= 0.3 is 0 Å². The molecular formula is C17H22N6OS. The fraction of sp³-hybridized carbons (Fsp3) is 0.412. The predicted octanol–water partition coefficient (Wildman–Crippen LogP) is 2.45. The Hall–Kier alpha value is -2.32. The van der Waals surface area contributed by atoms with E-state index >= 15 is 0 Å². The number of imidazole rings is 1. The summed E-state index contributed by atoms with van der Waals surface area (Å²) < 4.78 is 2.10. The van der Waals surface area contributed by atoms with Crippen molar-refractivity contribution in [2.45, 2.75) is 26.3 Å². The van der Waals surface area contributed by atoms with Gasteiger partial charge in [-0.15, -0.1) is 10.2 Å². The SMILES string of the molecule is CCc1nnc(NC(=O)CCN(C)Cc2nc3ccccc3n2C)s1. The molecule has 8 heteroatoms. The molecule has 0 saturated carbocycles. The average molecular weight is 358 g/mol. The van der Waals surface area contributed by atoms with Crippen LogP contribution in [0.1, 0.15) is 24.2 Å². The van der Waals surface area contributed by atoms with Gasteiger partial charge in [0.2, 0.25) is 11.0 Å². The van der Waals surface area contributed by atoms with Crippen LogP contribution in [-0.2, 0) is 24.8 Å². The van der Waals surface area contributed by atoms with Crippen LogP contribution in [0.15, 0.2) is 24.3 Å². The highest BCUT2D eigenvalue weighted by Crippen LogP contribution is 2.16. The van der Waals surface area contributed by atoms with Gasteiger partial charge in [-0.3, -0.25) is 9.69 Å². The third-order valence-corrected chi connectivity index (χ3v) is 5.01. The zero-order chi connectivity index (χ0) is 17.8. The molecule has 0 aliphatic heterocycles. The van der Waals surface area contributed by atoms with Gasteiger partial charge in [-0.25, -0.2) is 4.98 Å². The molecule has 0 spiro atoms. The lowest BCUT2D eigenvalue weighted by atomic mass is 10.3. The first kappa shape index (κ1) is 17.5. The Balaban J connectivity index is 1.52. The second kappa shape index (κ2) is 7.71. The van der Waals surface area contributed by atoms with Gasteiger partial charge in [0.05, 0.1) is 17.6 Å². The molecule has 0 unspecified atom stereocenters. The third kappa shape index (κ3) is 4.21. The Morgan fingerprint density at radius 2 is 2.12 bits per heavy atom. The summed E-state index contributed by atoms with van der Waals surface area (Å²) in [7, 11) is 4.01. The molecule has 2 aromatic heterocycles. The molecular weight excluding hydrogens is 336 g/mol. The summed E-state index contributed by atoms with van der Waals surface area (Å²) in [5, 5.41) is 12.3. The number of fused-ring (bicyclic) bond motifs is 1. The van der Waals surface area contributed by atoms with Gasteiger partial charge in [-0.1, -0.05) is 30.4 Å². The van der Waals surface area contributed by atoms with Crippen LogP contribution in [0, 0.1) is 0 Å². The smallest absolute Gasteiger partial charge is 0.227 e. The van der Waals surface area contributed by atoms with Gasteiger partial charge in [0.15, 0.2) is 0 Å². The molecule has 0 aliphatic carbocycles. The summed E-state index contributed by atoms with van der Waals surface area (Å²) >= 11 is 1.42. The lowest BCUT2D eigenvalue weighted by Gasteiger charge is -2.15. The van der Waals surface area contributed by atoms with Gasteiger partial charge in [0, 0.05) is 20.0 Å². The Kier molecular flexibility index (Phi) is 5.40. The molecule has 25 heavy (non-hydrogen) atoms. The molecule has 2 heterocycles. The van der Waals surface area contributed by atoms with E-state index in [0.717, 1.165) is 28.3 Å². The number of aryl methyl sites for hydroxylation is 2. The number of aromatic nitrogens is 4. The minimum absolute atomic E-state index is 0.0457. The van der Waals surface area contributed by atoms with Crippen LogP contribution in [0.5, 0.6) is 0 Å². The molecule has 7 nitrogen and oxygen atoms in total. The second-order valence-electron chi connectivity index (χ2n) is 5.97. The van der Waals surface area contributed by atoms with Gasteiger partial charge in [-0.05, 0) is 25.6 Å². The average Bonchev–Trinajstić information content (AvgIpc) is 3.18. The van der Waals surface area contributed by atoms with Crippen LogP contribution in [-0.4, -0.2) is 44.1 Å². The summed E-state index contributed by atoms with van der Waals surface area (Å²) in [4.78, 5) is 18.8. The molecule has 0 atom stereocenters. The molecule has 0 saturated heterocycles. The van der Waals surface area contributed by atoms with Crippen molar-refractivity contribution >= 4 is 33.4 Å². The topological polar surface area (TPSA) is 75.9 Å². The molecule has 1 amide bonds. The Labute approximate surface area is 150 Å². The second-order valence-corrected chi connectivity index (χ2v) is 7.03. The number of benzene rings is 1. The number of hydrogen-bond acceptors (Lipinski definition) is 6. The Bertz CT molecular complexity index is 871. The molecule has 1 aromatic carbocycles. The highest BCUT2D eigenvalue weighted by atomic mass is 32.1. The molecule has 3 rings (SSSR count). The van der Waals surface area contributed by atoms with E-state index in [4.69, 9.17) is 0 Å². The number of nitrogens with one attached hydrogen (secondary N) is 1. The maximum Gasteiger partial charge on any atom is 0.227 e. The van der Waals surface area contributed by atoms with E-state index in [9.17, 15) is 4.79 Å². The van der Waals surface area contributed by atoms with E-state index in [1.54, 1.807) is 0 Å². The van der Waals surface area contributed by atoms with Crippen LogP contribution >= 0.6 is 11.3 Å². The van der Waals surface area contributed by atoms with E-state index in [1.165, 1.54) is 11.3 Å². The summed E-state index contributed by atoms with van der Waals surface area (Å²) in [5.41, 5.74) is 2.11. The van der Waals surface area contributed by atoms with Crippen LogP contribution in [0.25, 0.3) is 11.0 Å². The summed E-state index contributed by atoms with van der Waals surface area (Å²) in [6.07, 6.45) is 1.23. The molecule has 0 bridgehead atoms. The van der Waals surface area contributed by atoms with E-state index < -0.39 is 0 Å². The van der Waals surface area contributed by atoms with Crippen molar-refractivity contribution in [2.24, 2.45) is 7.05 Å². The van der Waals surface area contributed by atoms with Crippen molar-refractivity contribution in [3.63, 3.8) is 0 Å². The van der Waals surface area contributed by atoms with Crippen LogP contribution in [0.2, 0.25) is 0 Å². The maximum atomic E-state index is 12.1. The number of amides is 1. The summed E-state index contributed by atoms with van der Waals surface area (Å²) in [6, 6.07) is 8.08. The molecule has 0 fully saturated rings. The van der Waals surface area contributed by atoms with Crippen molar-refractivity contribution in [2.75, 3.05) is 18.9 Å². The van der Waals surface area contributed by atoms with E-state index in [-0.39, 0.29) is 5.91 Å². The van der Waals surface area contributed by atoms with Gasteiger partial charge in [-0.2, -0.15) is 0 Å².